The Kier molecular flexibility index (Phi) is 3.53. The normalized spacial score (nSPS) is 39.0. The van der Waals surface area contributed by atoms with Crippen LogP contribution in [0.5, 0.6) is 0 Å². The van der Waals surface area contributed by atoms with Gasteiger partial charge in [-0.3, -0.25) is 0 Å². The Morgan fingerprint density at radius 1 is 1.21 bits per heavy atom. The van der Waals surface area contributed by atoms with Crippen molar-refractivity contribution in [1.82, 2.24) is 0 Å². The fourth-order valence-electron chi connectivity index (χ4n) is 1.50. The van der Waals surface area contributed by atoms with E-state index in [0.717, 1.165) is 0 Å². The largest absolute Gasteiger partial charge is 0.387 e. The third kappa shape index (κ3) is 2.67. The molecule has 0 saturated carbocycles. The average Bonchev–Trinajstić information content (AvgIpc) is 2.30. The van der Waals surface area contributed by atoms with Crippen LogP contribution in [0.3, 0.4) is 0 Å². The minimum absolute atomic E-state index is 0.322. The van der Waals surface area contributed by atoms with Gasteiger partial charge in [0, 0.05) is 0 Å². The molecule has 0 bridgehead atoms. The Morgan fingerprint density at radius 3 is 2.14 bits per heavy atom. The number of aliphatic hydroxyl groups excluding tert-OH is 2. The van der Waals surface area contributed by atoms with E-state index in [0.29, 0.717) is 6.42 Å². The number of hydrogen-bond donors (Lipinski definition) is 2. The molecule has 1 rings (SSSR count). The van der Waals surface area contributed by atoms with Crippen LogP contribution in [-0.2, 0) is 9.47 Å². The lowest BCUT2D eigenvalue weighted by Crippen LogP contribution is -2.37. The quantitative estimate of drug-likeness (QED) is 0.693. The standard InChI is InChI=1S/C10H20O4/c1-5-6-7(11)8(12)9(13-6)14-10(2,3)4/h6-9,11-12H,5H2,1-4H3/t6-,7+,8?,9+/m0/s1. The molecule has 2 N–H and O–H groups in total. The lowest BCUT2D eigenvalue weighted by Gasteiger charge is -2.26. The molecule has 0 spiro atoms. The van der Waals surface area contributed by atoms with Crippen LogP contribution in [0.15, 0.2) is 0 Å². The minimum Gasteiger partial charge on any atom is -0.387 e. The predicted molar refractivity (Wildman–Crippen MR) is 51.8 cm³/mol. The van der Waals surface area contributed by atoms with E-state index >= 15 is 0 Å². The number of ether oxygens (including phenoxy) is 2. The van der Waals surface area contributed by atoms with Crippen molar-refractivity contribution in [2.24, 2.45) is 0 Å². The highest BCUT2D eigenvalue weighted by Crippen LogP contribution is 2.27. The Balaban J connectivity index is 2.57. The molecule has 1 unspecified atom stereocenters. The first-order valence-corrected chi connectivity index (χ1v) is 5.04. The van der Waals surface area contributed by atoms with Crippen molar-refractivity contribution >= 4 is 0 Å². The summed E-state index contributed by atoms with van der Waals surface area (Å²) in [6.45, 7) is 7.55. The Bertz CT molecular complexity index is 187. The van der Waals surface area contributed by atoms with Crippen molar-refractivity contribution in [2.45, 2.75) is 64.3 Å². The van der Waals surface area contributed by atoms with Crippen LogP contribution in [0.2, 0.25) is 0 Å². The predicted octanol–water partition coefficient (Wildman–Crippen LogP) is 0.658. The van der Waals surface area contributed by atoms with Gasteiger partial charge < -0.3 is 19.7 Å². The maximum absolute atomic E-state index is 9.62. The van der Waals surface area contributed by atoms with Crippen LogP contribution in [-0.4, -0.2) is 40.4 Å². The summed E-state index contributed by atoms with van der Waals surface area (Å²) in [5.74, 6) is 0. The first-order chi connectivity index (χ1) is 6.35. The molecule has 0 aromatic rings. The van der Waals surface area contributed by atoms with Gasteiger partial charge in [-0.2, -0.15) is 0 Å². The first-order valence-electron chi connectivity index (χ1n) is 5.04. The third-order valence-electron chi connectivity index (χ3n) is 2.19. The topological polar surface area (TPSA) is 58.9 Å². The van der Waals surface area contributed by atoms with Gasteiger partial charge in [0.2, 0.25) is 0 Å². The zero-order chi connectivity index (χ0) is 10.9. The second-order valence-electron chi connectivity index (χ2n) is 4.66. The molecule has 1 fully saturated rings. The molecule has 1 saturated heterocycles. The van der Waals surface area contributed by atoms with Gasteiger partial charge >= 0.3 is 0 Å². The fraction of sp³-hybridized carbons (Fsp3) is 1.00. The van der Waals surface area contributed by atoms with E-state index < -0.39 is 18.5 Å². The molecule has 14 heavy (non-hydrogen) atoms. The van der Waals surface area contributed by atoms with E-state index in [2.05, 4.69) is 0 Å². The summed E-state index contributed by atoms with van der Waals surface area (Å²) < 4.78 is 10.9. The molecule has 84 valence electrons. The van der Waals surface area contributed by atoms with Crippen LogP contribution in [0.25, 0.3) is 0 Å². The number of aliphatic hydroxyl groups is 2. The molecule has 0 aromatic heterocycles. The summed E-state index contributed by atoms with van der Waals surface area (Å²) >= 11 is 0. The summed E-state index contributed by atoms with van der Waals surface area (Å²) in [6.07, 6.45) is -2.15. The first kappa shape index (κ1) is 11.9. The zero-order valence-electron chi connectivity index (χ0n) is 9.23. The SMILES string of the molecule is CC[C@@H]1O[C@H](OC(C)(C)C)C(O)[C@@H]1O. The smallest absolute Gasteiger partial charge is 0.187 e. The molecule has 4 nitrogen and oxygen atoms in total. The van der Waals surface area contributed by atoms with Gasteiger partial charge in [0.15, 0.2) is 6.29 Å². The van der Waals surface area contributed by atoms with Crippen molar-refractivity contribution in [3.8, 4) is 0 Å². The summed E-state index contributed by atoms with van der Waals surface area (Å²) in [6, 6.07) is 0. The molecule has 0 aliphatic carbocycles. The highest BCUT2D eigenvalue weighted by atomic mass is 16.7. The average molecular weight is 204 g/mol. The molecule has 0 amide bonds. The van der Waals surface area contributed by atoms with Crippen molar-refractivity contribution in [2.75, 3.05) is 0 Å². The Morgan fingerprint density at radius 2 is 1.79 bits per heavy atom. The number of hydrogen-bond acceptors (Lipinski definition) is 4. The van der Waals surface area contributed by atoms with Crippen molar-refractivity contribution in [1.29, 1.82) is 0 Å². The van der Waals surface area contributed by atoms with Crippen LogP contribution in [0.4, 0.5) is 0 Å². The van der Waals surface area contributed by atoms with E-state index in [4.69, 9.17) is 9.47 Å². The second-order valence-corrected chi connectivity index (χ2v) is 4.66. The second kappa shape index (κ2) is 4.14. The monoisotopic (exact) mass is 204 g/mol. The molecule has 4 atom stereocenters. The third-order valence-corrected chi connectivity index (χ3v) is 2.19. The van der Waals surface area contributed by atoms with E-state index in [1.165, 1.54) is 0 Å². The summed E-state index contributed by atoms with van der Waals surface area (Å²) in [5.41, 5.74) is -0.381. The van der Waals surface area contributed by atoms with Crippen molar-refractivity contribution in [3.05, 3.63) is 0 Å². The molecule has 4 heteroatoms. The Labute approximate surface area is 84.8 Å². The van der Waals surface area contributed by atoms with Gasteiger partial charge in [-0.15, -0.1) is 0 Å². The molecule has 1 aliphatic rings. The molecule has 0 aromatic carbocycles. The van der Waals surface area contributed by atoms with Crippen LogP contribution >= 0.6 is 0 Å². The summed E-state index contributed by atoms with van der Waals surface area (Å²) in [5, 5.41) is 19.2. The molecular formula is C10H20O4. The van der Waals surface area contributed by atoms with Crippen LogP contribution in [0.1, 0.15) is 34.1 Å². The van der Waals surface area contributed by atoms with Gasteiger partial charge in [0.1, 0.15) is 12.2 Å². The van der Waals surface area contributed by atoms with Crippen LogP contribution in [0, 0.1) is 0 Å². The summed E-state index contributed by atoms with van der Waals surface area (Å²) in [7, 11) is 0. The molecular weight excluding hydrogens is 184 g/mol. The Hall–Kier alpha value is -0.160. The van der Waals surface area contributed by atoms with Gasteiger partial charge in [-0.1, -0.05) is 6.92 Å². The number of rotatable bonds is 2. The van der Waals surface area contributed by atoms with E-state index in [1.54, 1.807) is 0 Å². The van der Waals surface area contributed by atoms with Crippen molar-refractivity contribution < 1.29 is 19.7 Å². The molecule has 1 heterocycles. The van der Waals surface area contributed by atoms with Crippen molar-refractivity contribution in [3.63, 3.8) is 0 Å². The minimum atomic E-state index is -0.945. The highest BCUT2D eigenvalue weighted by Gasteiger charge is 2.43. The van der Waals surface area contributed by atoms with Gasteiger partial charge in [-0.25, -0.2) is 0 Å². The van der Waals surface area contributed by atoms with E-state index in [1.807, 2.05) is 27.7 Å². The maximum atomic E-state index is 9.62. The zero-order valence-corrected chi connectivity index (χ0v) is 9.23. The lowest BCUT2D eigenvalue weighted by atomic mass is 10.1. The fourth-order valence-corrected chi connectivity index (χ4v) is 1.50. The van der Waals surface area contributed by atoms with Gasteiger partial charge in [0.25, 0.3) is 0 Å². The van der Waals surface area contributed by atoms with E-state index in [9.17, 15) is 10.2 Å². The maximum Gasteiger partial charge on any atom is 0.187 e. The lowest BCUT2D eigenvalue weighted by molar-refractivity contribution is -0.212. The summed E-state index contributed by atoms with van der Waals surface area (Å²) in [4.78, 5) is 0. The van der Waals surface area contributed by atoms with Crippen LogP contribution < -0.4 is 0 Å². The van der Waals surface area contributed by atoms with Gasteiger partial charge in [-0.05, 0) is 27.2 Å². The van der Waals surface area contributed by atoms with E-state index in [-0.39, 0.29) is 11.7 Å². The van der Waals surface area contributed by atoms with Gasteiger partial charge in [0.05, 0.1) is 11.7 Å². The molecule has 1 aliphatic heterocycles. The molecule has 0 radical (unpaired) electrons. The highest BCUT2D eigenvalue weighted by molar-refractivity contribution is 4.86.